The van der Waals surface area contributed by atoms with Crippen LogP contribution in [0.3, 0.4) is 0 Å². The van der Waals surface area contributed by atoms with Crippen molar-refractivity contribution in [3.8, 4) is 0 Å². The lowest BCUT2D eigenvalue weighted by molar-refractivity contribution is 0.0831. The summed E-state index contributed by atoms with van der Waals surface area (Å²) in [5.74, 6) is 0.808. The largest absolute Gasteiger partial charge is 0.369 e. The quantitative estimate of drug-likeness (QED) is 0.564. The molecule has 132 valence electrons. The fourth-order valence-corrected chi connectivity index (χ4v) is 3.79. The van der Waals surface area contributed by atoms with Crippen LogP contribution in [0.1, 0.15) is 60.8 Å². The Hall–Kier alpha value is -1.02. The molecule has 0 radical (unpaired) electrons. The van der Waals surface area contributed by atoms with E-state index in [-0.39, 0.29) is 0 Å². The standard InChI is InChI=1S/C21H38N2/c1-8-11-19(7)20(10-3)22-12-14-23(15-13-22)21(17(4)5)16-18(6)9-2/h9,16,19-20H,2,8,10-15H2,1,3-7H3/b18-16-. The Morgan fingerprint density at radius 1 is 1.09 bits per heavy atom. The van der Waals surface area contributed by atoms with E-state index >= 15 is 0 Å². The summed E-state index contributed by atoms with van der Waals surface area (Å²) in [5.41, 5.74) is 4.02. The highest BCUT2D eigenvalue weighted by molar-refractivity contribution is 5.30. The third kappa shape index (κ3) is 5.84. The van der Waals surface area contributed by atoms with Gasteiger partial charge >= 0.3 is 0 Å². The maximum Gasteiger partial charge on any atom is 0.0355 e. The maximum absolute atomic E-state index is 3.88. The molecule has 2 unspecified atom stereocenters. The molecule has 1 saturated heterocycles. The highest BCUT2D eigenvalue weighted by atomic mass is 15.3. The van der Waals surface area contributed by atoms with Gasteiger partial charge in [-0.1, -0.05) is 45.4 Å². The monoisotopic (exact) mass is 318 g/mol. The van der Waals surface area contributed by atoms with Crippen LogP contribution in [0.25, 0.3) is 0 Å². The smallest absolute Gasteiger partial charge is 0.0355 e. The van der Waals surface area contributed by atoms with Crippen LogP contribution in [0.15, 0.2) is 35.6 Å². The predicted molar refractivity (Wildman–Crippen MR) is 104 cm³/mol. The van der Waals surface area contributed by atoms with Crippen LogP contribution in [-0.4, -0.2) is 42.0 Å². The van der Waals surface area contributed by atoms with Gasteiger partial charge in [-0.15, -0.1) is 0 Å². The van der Waals surface area contributed by atoms with Gasteiger partial charge in [-0.05, 0) is 51.2 Å². The summed E-state index contributed by atoms with van der Waals surface area (Å²) in [4.78, 5) is 5.28. The Bertz CT molecular complexity index is 421. The summed E-state index contributed by atoms with van der Waals surface area (Å²) in [6, 6.07) is 0.748. The molecule has 0 aromatic rings. The molecule has 0 N–H and O–H groups in total. The van der Waals surface area contributed by atoms with E-state index in [0.29, 0.717) is 0 Å². The second kappa shape index (κ2) is 9.97. The van der Waals surface area contributed by atoms with Crippen molar-refractivity contribution in [3.05, 3.63) is 35.6 Å². The van der Waals surface area contributed by atoms with Gasteiger partial charge in [0.2, 0.25) is 0 Å². The molecule has 1 rings (SSSR count). The number of piperazine rings is 1. The number of allylic oxidation sites excluding steroid dienone is 4. The molecule has 2 atom stereocenters. The van der Waals surface area contributed by atoms with E-state index in [0.717, 1.165) is 25.0 Å². The highest BCUT2D eigenvalue weighted by Crippen LogP contribution is 2.23. The summed E-state index contributed by atoms with van der Waals surface area (Å²) in [5, 5.41) is 0. The Morgan fingerprint density at radius 2 is 1.70 bits per heavy atom. The van der Waals surface area contributed by atoms with Crippen molar-refractivity contribution in [1.29, 1.82) is 0 Å². The molecule has 0 aromatic heterocycles. The van der Waals surface area contributed by atoms with Gasteiger partial charge in [-0.3, -0.25) is 4.90 Å². The zero-order chi connectivity index (χ0) is 17.4. The molecule has 0 saturated carbocycles. The minimum atomic E-state index is 0.748. The summed E-state index contributed by atoms with van der Waals surface area (Å²) in [6.45, 7) is 22.2. The number of nitrogens with zero attached hydrogens (tertiary/aromatic N) is 2. The summed E-state index contributed by atoms with van der Waals surface area (Å²) in [6.07, 6.45) is 8.14. The van der Waals surface area contributed by atoms with E-state index < -0.39 is 0 Å². The number of hydrogen-bond acceptors (Lipinski definition) is 2. The third-order valence-corrected chi connectivity index (χ3v) is 5.14. The van der Waals surface area contributed by atoms with Crippen LogP contribution < -0.4 is 0 Å². The molecule has 0 bridgehead atoms. The average molecular weight is 319 g/mol. The molecule has 1 fully saturated rings. The van der Waals surface area contributed by atoms with Crippen molar-refractivity contribution in [2.75, 3.05) is 26.2 Å². The normalized spacial score (nSPS) is 19.4. The van der Waals surface area contributed by atoms with E-state index in [9.17, 15) is 0 Å². The van der Waals surface area contributed by atoms with Crippen LogP contribution in [0.2, 0.25) is 0 Å². The zero-order valence-electron chi connectivity index (χ0n) is 16.4. The summed E-state index contributed by atoms with van der Waals surface area (Å²) < 4.78 is 0. The lowest BCUT2D eigenvalue weighted by Crippen LogP contribution is -2.51. The van der Waals surface area contributed by atoms with Crippen LogP contribution in [0.4, 0.5) is 0 Å². The maximum atomic E-state index is 3.88. The van der Waals surface area contributed by atoms with Gasteiger partial charge in [0.15, 0.2) is 0 Å². The second-order valence-electron chi connectivity index (χ2n) is 7.24. The first kappa shape index (κ1) is 20.0. The molecule has 2 nitrogen and oxygen atoms in total. The molecule has 1 aliphatic heterocycles. The number of rotatable bonds is 8. The van der Waals surface area contributed by atoms with E-state index in [1.807, 2.05) is 6.08 Å². The van der Waals surface area contributed by atoms with Crippen LogP contribution in [0.5, 0.6) is 0 Å². The van der Waals surface area contributed by atoms with Crippen LogP contribution in [0, 0.1) is 5.92 Å². The molecule has 23 heavy (non-hydrogen) atoms. The molecule has 2 heteroatoms. The highest BCUT2D eigenvalue weighted by Gasteiger charge is 2.26. The predicted octanol–water partition coefficient (Wildman–Crippen LogP) is 5.25. The minimum Gasteiger partial charge on any atom is -0.369 e. The van der Waals surface area contributed by atoms with Crippen molar-refractivity contribution >= 4 is 0 Å². The van der Waals surface area contributed by atoms with Gasteiger partial charge in [0, 0.05) is 37.9 Å². The fourth-order valence-electron chi connectivity index (χ4n) is 3.79. The lowest BCUT2D eigenvalue weighted by atomic mass is 9.93. The number of hydrogen-bond donors (Lipinski definition) is 0. The Balaban J connectivity index is 2.73. The molecule has 0 amide bonds. The van der Waals surface area contributed by atoms with E-state index in [2.05, 4.69) is 64.0 Å². The summed E-state index contributed by atoms with van der Waals surface area (Å²) >= 11 is 0. The first-order valence-electron chi connectivity index (χ1n) is 9.41. The van der Waals surface area contributed by atoms with Crippen molar-refractivity contribution in [3.63, 3.8) is 0 Å². The van der Waals surface area contributed by atoms with Gasteiger partial charge in [0.1, 0.15) is 0 Å². The van der Waals surface area contributed by atoms with Crippen molar-refractivity contribution < 1.29 is 0 Å². The van der Waals surface area contributed by atoms with E-state index in [1.54, 1.807) is 0 Å². The van der Waals surface area contributed by atoms with Crippen molar-refractivity contribution in [2.45, 2.75) is 66.8 Å². The van der Waals surface area contributed by atoms with Crippen LogP contribution in [-0.2, 0) is 0 Å². The second-order valence-corrected chi connectivity index (χ2v) is 7.24. The fraction of sp³-hybridized carbons (Fsp3) is 0.714. The van der Waals surface area contributed by atoms with Gasteiger partial charge in [-0.25, -0.2) is 0 Å². The van der Waals surface area contributed by atoms with Crippen molar-refractivity contribution in [1.82, 2.24) is 9.80 Å². The average Bonchev–Trinajstić information content (AvgIpc) is 2.54. The molecular formula is C21H38N2. The van der Waals surface area contributed by atoms with Gasteiger partial charge in [0.25, 0.3) is 0 Å². The minimum absolute atomic E-state index is 0.748. The molecule has 0 spiro atoms. The SMILES string of the molecule is C=C/C(C)=C\C(=C(C)C)N1CCN(C(CC)C(C)CCC)CC1. The van der Waals surface area contributed by atoms with Gasteiger partial charge in [-0.2, -0.15) is 0 Å². The first-order chi connectivity index (χ1) is 10.9. The lowest BCUT2D eigenvalue weighted by Gasteiger charge is -2.43. The van der Waals surface area contributed by atoms with Gasteiger partial charge < -0.3 is 4.90 Å². The third-order valence-electron chi connectivity index (χ3n) is 5.14. The molecule has 1 heterocycles. The van der Waals surface area contributed by atoms with Crippen LogP contribution >= 0.6 is 0 Å². The van der Waals surface area contributed by atoms with Crippen molar-refractivity contribution in [2.24, 2.45) is 5.92 Å². The topological polar surface area (TPSA) is 6.48 Å². The Kier molecular flexibility index (Phi) is 8.68. The van der Waals surface area contributed by atoms with Gasteiger partial charge in [0.05, 0.1) is 0 Å². The molecule has 0 aliphatic carbocycles. The zero-order valence-corrected chi connectivity index (χ0v) is 16.4. The Morgan fingerprint density at radius 3 is 2.13 bits per heavy atom. The first-order valence-corrected chi connectivity index (χ1v) is 9.41. The Labute approximate surface area is 144 Å². The molecule has 1 aliphatic rings. The van der Waals surface area contributed by atoms with E-state index in [4.69, 9.17) is 0 Å². The molecular weight excluding hydrogens is 280 g/mol. The van der Waals surface area contributed by atoms with E-state index in [1.165, 1.54) is 49.2 Å². The molecule has 0 aromatic carbocycles. The summed E-state index contributed by atoms with van der Waals surface area (Å²) in [7, 11) is 0.